The van der Waals surface area contributed by atoms with E-state index in [4.69, 9.17) is 9.84 Å². The minimum Gasteiger partial charge on any atom is -0.478 e. The Labute approximate surface area is 87.9 Å². The molecule has 0 aromatic heterocycles. The summed E-state index contributed by atoms with van der Waals surface area (Å²) >= 11 is 0. The Bertz CT molecular complexity index is 341. The topological polar surface area (TPSA) is 58.6 Å². The van der Waals surface area contributed by atoms with Gasteiger partial charge in [0.2, 0.25) is 0 Å². The van der Waals surface area contributed by atoms with E-state index < -0.39 is 5.97 Å². The molecule has 1 saturated heterocycles. The molecule has 80 valence electrons. The molecule has 2 rings (SSSR count). The lowest BCUT2D eigenvalue weighted by Crippen LogP contribution is -2.18. The summed E-state index contributed by atoms with van der Waals surface area (Å²) in [6, 6.07) is 7.10. The summed E-state index contributed by atoms with van der Waals surface area (Å²) < 4.78 is 5.23. The van der Waals surface area contributed by atoms with Gasteiger partial charge < -0.3 is 15.2 Å². The van der Waals surface area contributed by atoms with Gasteiger partial charge in [0.05, 0.1) is 18.2 Å². The summed E-state index contributed by atoms with van der Waals surface area (Å²) in [6.07, 6.45) is 1.00. The van der Waals surface area contributed by atoms with Crippen LogP contribution < -0.4 is 5.32 Å². The first-order chi connectivity index (χ1) is 7.25. The van der Waals surface area contributed by atoms with E-state index in [2.05, 4.69) is 5.32 Å². The van der Waals surface area contributed by atoms with Gasteiger partial charge in [0, 0.05) is 12.3 Å². The molecule has 1 atom stereocenters. The fraction of sp³-hybridized carbons (Fsp3) is 0.364. The lowest BCUT2D eigenvalue weighted by Gasteiger charge is -2.11. The Morgan fingerprint density at radius 1 is 1.40 bits per heavy atom. The fourth-order valence-corrected chi connectivity index (χ4v) is 1.59. The van der Waals surface area contributed by atoms with Crippen molar-refractivity contribution >= 4 is 11.7 Å². The number of anilines is 1. The van der Waals surface area contributed by atoms with E-state index in [1.807, 2.05) is 0 Å². The SMILES string of the molecule is O=C(O)c1ccc(NC2CCOC2)cc1. The Hall–Kier alpha value is -1.55. The molecule has 2 N–H and O–H groups in total. The van der Waals surface area contributed by atoms with Crippen molar-refractivity contribution in [2.75, 3.05) is 18.5 Å². The molecule has 0 spiro atoms. The van der Waals surface area contributed by atoms with Gasteiger partial charge in [-0.3, -0.25) is 0 Å². The van der Waals surface area contributed by atoms with Gasteiger partial charge in [0.1, 0.15) is 0 Å². The molecule has 1 aliphatic rings. The second-order valence-electron chi connectivity index (χ2n) is 3.59. The fourth-order valence-electron chi connectivity index (χ4n) is 1.59. The average Bonchev–Trinajstić information content (AvgIpc) is 2.71. The highest BCUT2D eigenvalue weighted by molar-refractivity contribution is 5.87. The van der Waals surface area contributed by atoms with Crippen LogP contribution in [0.15, 0.2) is 24.3 Å². The zero-order valence-electron chi connectivity index (χ0n) is 8.27. The summed E-state index contributed by atoms with van der Waals surface area (Å²) in [7, 11) is 0. The van der Waals surface area contributed by atoms with Crippen molar-refractivity contribution in [3.63, 3.8) is 0 Å². The van der Waals surface area contributed by atoms with Gasteiger partial charge >= 0.3 is 5.97 Å². The van der Waals surface area contributed by atoms with Gasteiger partial charge in [-0.15, -0.1) is 0 Å². The van der Waals surface area contributed by atoms with Crippen molar-refractivity contribution in [1.29, 1.82) is 0 Å². The van der Waals surface area contributed by atoms with Gasteiger partial charge in [-0.1, -0.05) is 0 Å². The van der Waals surface area contributed by atoms with Crippen LogP contribution in [0.25, 0.3) is 0 Å². The van der Waals surface area contributed by atoms with Gasteiger partial charge in [0.15, 0.2) is 0 Å². The maximum atomic E-state index is 10.6. The van der Waals surface area contributed by atoms with Crippen molar-refractivity contribution < 1.29 is 14.6 Å². The van der Waals surface area contributed by atoms with Crippen LogP contribution >= 0.6 is 0 Å². The van der Waals surface area contributed by atoms with E-state index in [1.165, 1.54) is 0 Å². The molecule has 0 bridgehead atoms. The second-order valence-corrected chi connectivity index (χ2v) is 3.59. The van der Waals surface area contributed by atoms with Crippen LogP contribution in [-0.2, 0) is 4.74 Å². The third kappa shape index (κ3) is 2.47. The van der Waals surface area contributed by atoms with Crippen molar-refractivity contribution in [2.24, 2.45) is 0 Å². The minimum absolute atomic E-state index is 0.309. The highest BCUT2D eigenvalue weighted by atomic mass is 16.5. The van der Waals surface area contributed by atoms with Gasteiger partial charge in [-0.25, -0.2) is 4.79 Å². The zero-order chi connectivity index (χ0) is 10.7. The molecule has 4 heteroatoms. The zero-order valence-corrected chi connectivity index (χ0v) is 8.27. The lowest BCUT2D eigenvalue weighted by atomic mass is 10.2. The van der Waals surface area contributed by atoms with Crippen LogP contribution in [0.1, 0.15) is 16.8 Å². The molecule has 4 nitrogen and oxygen atoms in total. The Morgan fingerprint density at radius 2 is 2.13 bits per heavy atom. The molecular formula is C11H13NO3. The first-order valence-corrected chi connectivity index (χ1v) is 4.93. The average molecular weight is 207 g/mol. The molecule has 1 aliphatic heterocycles. The maximum Gasteiger partial charge on any atom is 0.335 e. The van der Waals surface area contributed by atoms with Crippen LogP contribution in [0.3, 0.4) is 0 Å². The van der Waals surface area contributed by atoms with Crippen molar-refractivity contribution in [2.45, 2.75) is 12.5 Å². The van der Waals surface area contributed by atoms with Crippen molar-refractivity contribution in [3.8, 4) is 0 Å². The molecule has 15 heavy (non-hydrogen) atoms. The molecule has 0 saturated carbocycles. The molecule has 1 aromatic rings. The highest BCUT2D eigenvalue weighted by Gasteiger charge is 2.14. The number of rotatable bonds is 3. The number of hydrogen-bond donors (Lipinski definition) is 2. The molecule has 1 aromatic carbocycles. The number of hydrogen-bond acceptors (Lipinski definition) is 3. The molecule has 0 radical (unpaired) electrons. The Morgan fingerprint density at radius 3 is 2.67 bits per heavy atom. The highest BCUT2D eigenvalue weighted by Crippen LogP contribution is 2.14. The standard InChI is InChI=1S/C11H13NO3/c13-11(14)8-1-3-9(4-2-8)12-10-5-6-15-7-10/h1-4,10,12H,5-7H2,(H,13,14). The maximum absolute atomic E-state index is 10.6. The number of carboxylic acids is 1. The molecule has 0 amide bonds. The third-order valence-corrected chi connectivity index (χ3v) is 2.43. The van der Waals surface area contributed by atoms with Crippen molar-refractivity contribution in [3.05, 3.63) is 29.8 Å². The molecule has 1 unspecified atom stereocenters. The van der Waals surface area contributed by atoms with E-state index in [9.17, 15) is 4.79 Å². The van der Waals surface area contributed by atoms with Gasteiger partial charge in [-0.2, -0.15) is 0 Å². The summed E-state index contributed by atoms with van der Waals surface area (Å²) in [5.74, 6) is -0.897. The van der Waals surface area contributed by atoms with Crippen LogP contribution in [-0.4, -0.2) is 30.3 Å². The quantitative estimate of drug-likeness (QED) is 0.790. The normalized spacial score (nSPS) is 20.1. The number of nitrogens with one attached hydrogen (secondary N) is 1. The Kier molecular flexibility index (Phi) is 2.87. The number of aromatic carboxylic acids is 1. The predicted molar refractivity (Wildman–Crippen MR) is 56.2 cm³/mol. The number of ether oxygens (including phenoxy) is 1. The minimum atomic E-state index is -0.897. The number of carboxylic acid groups (broad SMARTS) is 1. The molecule has 1 fully saturated rings. The molecule has 1 heterocycles. The lowest BCUT2D eigenvalue weighted by molar-refractivity contribution is 0.0697. The predicted octanol–water partition coefficient (Wildman–Crippen LogP) is 1.59. The smallest absolute Gasteiger partial charge is 0.335 e. The summed E-state index contributed by atoms with van der Waals surface area (Å²) in [6.45, 7) is 1.52. The largest absolute Gasteiger partial charge is 0.478 e. The van der Waals surface area contributed by atoms with E-state index >= 15 is 0 Å². The van der Waals surface area contributed by atoms with Crippen LogP contribution in [0.2, 0.25) is 0 Å². The van der Waals surface area contributed by atoms with E-state index in [0.717, 1.165) is 25.3 Å². The van der Waals surface area contributed by atoms with Crippen LogP contribution in [0, 0.1) is 0 Å². The number of carbonyl (C=O) groups is 1. The number of benzene rings is 1. The Balaban J connectivity index is 2.00. The summed E-state index contributed by atoms with van der Waals surface area (Å²) in [5.41, 5.74) is 1.25. The van der Waals surface area contributed by atoms with E-state index in [-0.39, 0.29) is 0 Å². The van der Waals surface area contributed by atoms with E-state index in [1.54, 1.807) is 24.3 Å². The second kappa shape index (κ2) is 4.31. The summed E-state index contributed by atoms with van der Waals surface area (Å²) in [4.78, 5) is 10.6. The monoisotopic (exact) mass is 207 g/mol. The van der Waals surface area contributed by atoms with Crippen LogP contribution in [0.4, 0.5) is 5.69 Å². The van der Waals surface area contributed by atoms with Crippen LogP contribution in [0.5, 0.6) is 0 Å². The first kappa shape index (κ1) is 9.98. The summed E-state index contributed by atoms with van der Waals surface area (Å²) in [5, 5.41) is 12.0. The van der Waals surface area contributed by atoms with Crippen molar-refractivity contribution in [1.82, 2.24) is 0 Å². The molecule has 0 aliphatic carbocycles. The van der Waals surface area contributed by atoms with Gasteiger partial charge in [-0.05, 0) is 30.7 Å². The van der Waals surface area contributed by atoms with Gasteiger partial charge in [0.25, 0.3) is 0 Å². The first-order valence-electron chi connectivity index (χ1n) is 4.93. The molecular weight excluding hydrogens is 194 g/mol. The third-order valence-electron chi connectivity index (χ3n) is 2.43. The van der Waals surface area contributed by atoms with E-state index in [0.29, 0.717) is 11.6 Å².